The molecule has 1 aromatic rings. The predicted molar refractivity (Wildman–Crippen MR) is 108 cm³/mol. The van der Waals surface area contributed by atoms with Gasteiger partial charge in [0.1, 0.15) is 0 Å². The summed E-state index contributed by atoms with van der Waals surface area (Å²) in [5.41, 5.74) is 1.38. The Kier molecular flexibility index (Phi) is 8.06. The number of benzene rings is 1. The molecule has 0 atom stereocenters. The second kappa shape index (κ2) is 10.0. The summed E-state index contributed by atoms with van der Waals surface area (Å²) in [6.07, 6.45) is 0. The minimum absolute atomic E-state index is 0.0814. The molecule has 2 N–H and O–H groups in total. The Labute approximate surface area is 156 Å². The van der Waals surface area contributed by atoms with Gasteiger partial charge in [-0.1, -0.05) is 17.7 Å². The molecule has 1 aliphatic rings. The SMILES string of the molecule is CN=C(NCCSc1ccc(C)cc1)NCC(C)(C)N1CCOCC1. The highest BCUT2D eigenvalue weighted by atomic mass is 32.2. The summed E-state index contributed by atoms with van der Waals surface area (Å²) in [4.78, 5) is 8.12. The number of rotatable bonds is 7. The third kappa shape index (κ3) is 6.88. The lowest BCUT2D eigenvalue weighted by Crippen LogP contribution is -2.56. The molecule has 1 heterocycles. The maximum Gasteiger partial charge on any atom is 0.191 e. The summed E-state index contributed by atoms with van der Waals surface area (Å²) < 4.78 is 5.45. The molecule has 0 saturated carbocycles. The van der Waals surface area contributed by atoms with E-state index < -0.39 is 0 Å². The summed E-state index contributed by atoms with van der Waals surface area (Å²) >= 11 is 1.86. The molecule has 1 fully saturated rings. The quantitative estimate of drug-likeness (QED) is 0.337. The Morgan fingerprint density at radius 3 is 2.52 bits per heavy atom. The largest absolute Gasteiger partial charge is 0.379 e. The van der Waals surface area contributed by atoms with Crippen molar-refractivity contribution < 1.29 is 4.74 Å². The monoisotopic (exact) mass is 364 g/mol. The number of nitrogens with one attached hydrogen (secondary N) is 2. The zero-order valence-electron chi connectivity index (χ0n) is 16.0. The van der Waals surface area contributed by atoms with Crippen molar-refractivity contribution in [2.24, 2.45) is 4.99 Å². The highest BCUT2D eigenvalue weighted by molar-refractivity contribution is 7.99. The van der Waals surface area contributed by atoms with E-state index in [2.05, 4.69) is 65.6 Å². The number of nitrogens with zero attached hydrogens (tertiary/aromatic N) is 2. The molecule has 1 saturated heterocycles. The third-order valence-corrected chi connectivity index (χ3v) is 5.48. The molecule has 2 rings (SSSR count). The molecule has 0 bridgehead atoms. The number of hydrogen-bond donors (Lipinski definition) is 2. The van der Waals surface area contributed by atoms with Crippen LogP contribution in [-0.2, 0) is 4.74 Å². The van der Waals surface area contributed by atoms with Gasteiger partial charge in [0.15, 0.2) is 5.96 Å². The van der Waals surface area contributed by atoms with Gasteiger partial charge >= 0.3 is 0 Å². The average Bonchev–Trinajstić information content (AvgIpc) is 2.63. The fraction of sp³-hybridized carbons (Fsp3) is 0.632. The van der Waals surface area contributed by atoms with Crippen molar-refractivity contribution in [2.45, 2.75) is 31.2 Å². The molecule has 0 unspecified atom stereocenters. The Morgan fingerprint density at radius 2 is 1.88 bits per heavy atom. The summed E-state index contributed by atoms with van der Waals surface area (Å²) in [6, 6.07) is 8.67. The van der Waals surface area contributed by atoms with Crippen molar-refractivity contribution in [3.63, 3.8) is 0 Å². The van der Waals surface area contributed by atoms with Gasteiger partial charge in [-0.3, -0.25) is 9.89 Å². The number of aliphatic imine (C=N–C) groups is 1. The first-order valence-electron chi connectivity index (χ1n) is 8.98. The number of morpholine rings is 1. The summed E-state index contributed by atoms with van der Waals surface area (Å²) in [5.74, 6) is 1.88. The maximum absolute atomic E-state index is 5.45. The van der Waals surface area contributed by atoms with Gasteiger partial charge in [0.2, 0.25) is 0 Å². The van der Waals surface area contributed by atoms with Crippen molar-refractivity contribution >= 4 is 17.7 Å². The van der Waals surface area contributed by atoms with Crippen molar-refractivity contribution in [1.82, 2.24) is 15.5 Å². The minimum atomic E-state index is 0.0814. The first-order chi connectivity index (χ1) is 12.0. The number of hydrogen-bond acceptors (Lipinski definition) is 4. The van der Waals surface area contributed by atoms with Crippen LogP contribution in [0.25, 0.3) is 0 Å². The van der Waals surface area contributed by atoms with Crippen molar-refractivity contribution in [1.29, 1.82) is 0 Å². The third-order valence-electron chi connectivity index (χ3n) is 4.46. The van der Waals surface area contributed by atoms with E-state index in [9.17, 15) is 0 Å². The van der Waals surface area contributed by atoms with Crippen LogP contribution in [0.3, 0.4) is 0 Å². The number of aryl methyl sites for hydroxylation is 1. The molecule has 0 aliphatic carbocycles. The molecule has 0 amide bonds. The Morgan fingerprint density at radius 1 is 1.20 bits per heavy atom. The molecule has 6 heteroatoms. The van der Waals surface area contributed by atoms with Crippen LogP contribution >= 0.6 is 11.8 Å². The normalized spacial score (nSPS) is 16.7. The average molecular weight is 365 g/mol. The lowest BCUT2D eigenvalue weighted by molar-refractivity contribution is -0.00833. The lowest BCUT2D eigenvalue weighted by atomic mass is 10.0. The van der Waals surface area contributed by atoms with Gasteiger partial charge in [0.05, 0.1) is 13.2 Å². The molecular formula is C19H32N4OS. The van der Waals surface area contributed by atoms with Gasteiger partial charge in [-0.2, -0.15) is 0 Å². The van der Waals surface area contributed by atoms with Crippen molar-refractivity contribution in [3.8, 4) is 0 Å². The van der Waals surface area contributed by atoms with Crippen molar-refractivity contribution in [3.05, 3.63) is 29.8 Å². The van der Waals surface area contributed by atoms with E-state index in [1.807, 2.05) is 18.8 Å². The van der Waals surface area contributed by atoms with Crippen LogP contribution in [0.15, 0.2) is 34.2 Å². The maximum atomic E-state index is 5.45. The zero-order chi connectivity index (χ0) is 18.1. The molecule has 0 radical (unpaired) electrons. The Bertz CT molecular complexity index is 539. The number of ether oxygens (including phenoxy) is 1. The van der Waals surface area contributed by atoms with E-state index in [0.29, 0.717) is 0 Å². The van der Waals surface area contributed by atoms with E-state index >= 15 is 0 Å². The number of thioether (sulfide) groups is 1. The molecule has 5 nitrogen and oxygen atoms in total. The van der Waals surface area contributed by atoms with Crippen LogP contribution in [0.4, 0.5) is 0 Å². The molecule has 0 spiro atoms. The van der Waals surface area contributed by atoms with Gasteiger partial charge in [-0.05, 0) is 32.9 Å². The molecule has 25 heavy (non-hydrogen) atoms. The fourth-order valence-corrected chi connectivity index (χ4v) is 3.54. The van der Waals surface area contributed by atoms with Gasteiger partial charge in [0.25, 0.3) is 0 Å². The van der Waals surface area contributed by atoms with Crippen LogP contribution in [0.2, 0.25) is 0 Å². The molecule has 1 aliphatic heterocycles. The second-order valence-corrected chi connectivity index (χ2v) is 8.09. The molecule has 0 aromatic heterocycles. The molecular weight excluding hydrogens is 332 g/mol. The highest BCUT2D eigenvalue weighted by Crippen LogP contribution is 2.17. The van der Waals surface area contributed by atoms with Crippen LogP contribution in [-0.4, -0.2) is 68.6 Å². The van der Waals surface area contributed by atoms with Crippen molar-refractivity contribution in [2.75, 3.05) is 52.2 Å². The van der Waals surface area contributed by atoms with Gasteiger partial charge in [-0.15, -0.1) is 11.8 Å². The molecule has 140 valence electrons. The van der Waals surface area contributed by atoms with Crippen LogP contribution in [0, 0.1) is 6.92 Å². The second-order valence-electron chi connectivity index (χ2n) is 6.93. The smallest absolute Gasteiger partial charge is 0.191 e. The lowest BCUT2D eigenvalue weighted by Gasteiger charge is -2.41. The van der Waals surface area contributed by atoms with Gasteiger partial charge in [0, 0.05) is 49.4 Å². The Hall–Kier alpha value is -1.24. The number of guanidine groups is 1. The van der Waals surface area contributed by atoms with E-state index in [4.69, 9.17) is 4.74 Å². The predicted octanol–water partition coefficient (Wildman–Crippen LogP) is 2.36. The first kappa shape index (κ1) is 20.1. The standard InChI is InChI=1S/C19H32N4OS/c1-16-5-7-17(8-6-16)25-14-9-21-18(20-4)22-15-19(2,3)23-10-12-24-13-11-23/h5-8H,9-15H2,1-4H3,(H2,20,21,22). The van der Waals surface area contributed by atoms with Gasteiger partial charge in [-0.25, -0.2) is 0 Å². The summed E-state index contributed by atoms with van der Waals surface area (Å²) in [6.45, 7) is 12.0. The van der Waals surface area contributed by atoms with Crippen LogP contribution in [0.1, 0.15) is 19.4 Å². The fourth-order valence-electron chi connectivity index (χ4n) is 2.77. The van der Waals surface area contributed by atoms with E-state index in [1.165, 1.54) is 10.5 Å². The van der Waals surface area contributed by atoms with E-state index in [-0.39, 0.29) is 5.54 Å². The molecule has 1 aromatic carbocycles. The van der Waals surface area contributed by atoms with E-state index in [0.717, 1.165) is 51.1 Å². The Balaban J connectivity index is 1.68. The minimum Gasteiger partial charge on any atom is -0.379 e. The first-order valence-corrected chi connectivity index (χ1v) is 9.96. The topological polar surface area (TPSA) is 48.9 Å². The van der Waals surface area contributed by atoms with Crippen LogP contribution < -0.4 is 10.6 Å². The zero-order valence-corrected chi connectivity index (χ0v) is 16.8. The van der Waals surface area contributed by atoms with E-state index in [1.54, 1.807) is 0 Å². The summed E-state index contributed by atoms with van der Waals surface area (Å²) in [5, 5.41) is 6.86. The highest BCUT2D eigenvalue weighted by Gasteiger charge is 2.28. The van der Waals surface area contributed by atoms with Gasteiger partial charge < -0.3 is 15.4 Å². The van der Waals surface area contributed by atoms with Crippen LogP contribution in [0.5, 0.6) is 0 Å². The summed E-state index contributed by atoms with van der Waals surface area (Å²) in [7, 11) is 1.82.